The second-order valence-corrected chi connectivity index (χ2v) is 7.32. The Morgan fingerprint density at radius 3 is 2.29 bits per heavy atom. The maximum atomic E-state index is 12.8. The van der Waals surface area contributed by atoms with Crippen LogP contribution in [0.15, 0.2) is 47.4 Å². The van der Waals surface area contributed by atoms with Crippen LogP contribution in [0.3, 0.4) is 0 Å². The highest BCUT2D eigenvalue weighted by atomic mass is 35.5. The van der Waals surface area contributed by atoms with Crippen molar-refractivity contribution in [1.29, 1.82) is 0 Å². The number of nitrogens with two attached hydrogens (primary N) is 1. The zero-order valence-corrected chi connectivity index (χ0v) is 12.9. The highest BCUT2D eigenvalue weighted by molar-refractivity contribution is 7.89. The minimum atomic E-state index is -3.62. The first kappa shape index (κ1) is 14.5. The summed E-state index contributed by atoms with van der Waals surface area (Å²) >= 11 is 6.08. The summed E-state index contributed by atoms with van der Waals surface area (Å²) in [6.07, 6.45) is 0. The van der Waals surface area contributed by atoms with E-state index in [2.05, 4.69) is 0 Å². The summed E-state index contributed by atoms with van der Waals surface area (Å²) in [5.41, 5.74) is 8.40. The molecule has 0 fully saturated rings. The molecule has 110 valence electrons. The molecule has 0 spiro atoms. The number of hydrogen-bond donors (Lipinski definition) is 1. The molecule has 1 heterocycles. The molecule has 0 aliphatic carbocycles. The van der Waals surface area contributed by atoms with Crippen LogP contribution in [0.1, 0.15) is 16.7 Å². The third kappa shape index (κ3) is 2.58. The molecule has 2 aromatic carbocycles. The number of nitrogens with zero attached hydrogens (tertiary/aromatic N) is 1. The van der Waals surface area contributed by atoms with Gasteiger partial charge >= 0.3 is 0 Å². The van der Waals surface area contributed by atoms with Crippen molar-refractivity contribution in [2.24, 2.45) is 5.73 Å². The molecule has 1 aliphatic heterocycles. The monoisotopic (exact) mass is 322 g/mol. The van der Waals surface area contributed by atoms with E-state index in [1.165, 1.54) is 4.31 Å². The van der Waals surface area contributed by atoms with Crippen LogP contribution in [0, 0.1) is 0 Å². The number of fused-ring (bicyclic) bond motifs is 1. The molecule has 4 nitrogen and oxygen atoms in total. The van der Waals surface area contributed by atoms with Crippen LogP contribution < -0.4 is 5.73 Å². The first-order valence-corrected chi connectivity index (χ1v) is 8.39. The summed E-state index contributed by atoms with van der Waals surface area (Å²) in [6.45, 7) is 1.03. The van der Waals surface area contributed by atoms with Crippen molar-refractivity contribution in [1.82, 2.24) is 4.31 Å². The molecule has 0 unspecified atom stereocenters. The summed E-state index contributed by atoms with van der Waals surface area (Å²) < 4.78 is 27.0. The van der Waals surface area contributed by atoms with E-state index in [1.807, 2.05) is 24.3 Å². The van der Waals surface area contributed by atoms with Crippen molar-refractivity contribution in [3.8, 4) is 0 Å². The maximum absolute atomic E-state index is 12.8. The SMILES string of the molecule is NCc1ccc(Cl)c(S(=O)(=O)N2Cc3ccccc3C2)c1. The van der Waals surface area contributed by atoms with E-state index in [4.69, 9.17) is 17.3 Å². The molecule has 0 radical (unpaired) electrons. The van der Waals surface area contributed by atoms with Crippen LogP contribution in [0.2, 0.25) is 5.02 Å². The second kappa shape index (κ2) is 5.42. The first-order valence-electron chi connectivity index (χ1n) is 6.58. The van der Waals surface area contributed by atoms with Gasteiger partial charge in [0.15, 0.2) is 0 Å². The van der Waals surface area contributed by atoms with Crippen molar-refractivity contribution in [2.75, 3.05) is 0 Å². The summed E-state index contributed by atoms with van der Waals surface area (Å²) in [6, 6.07) is 12.6. The average molecular weight is 323 g/mol. The fraction of sp³-hybridized carbons (Fsp3) is 0.200. The number of rotatable bonds is 3. The third-order valence-electron chi connectivity index (χ3n) is 3.66. The standard InChI is InChI=1S/C15H15ClN2O2S/c16-14-6-5-11(8-17)7-15(14)21(19,20)18-9-12-3-1-2-4-13(12)10-18/h1-7H,8-10,17H2. The Balaban J connectivity index is 2.00. The van der Waals surface area contributed by atoms with E-state index < -0.39 is 10.0 Å². The van der Waals surface area contributed by atoms with E-state index in [9.17, 15) is 8.42 Å². The van der Waals surface area contributed by atoms with Crippen LogP contribution in [-0.4, -0.2) is 12.7 Å². The van der Waals surface area contributed by atoms with Gasteiger partial charge in [-0.15, -0.1) is 0 Å². The van der Waals surface area contributed by atoms with Crippen LogP contribution >= 0.6 is 11.6 Å². The Kier molecular flexibility index (Phi) is 3.75. The largest absolute Gasteiger partial charge is 0.326 e. The molecule has 6 heteroatoms. The lowest BCUT2D eigenvalue weighted by Crippen LogP contribution is -2.26. The Morgan fingerprint density at radius 1 is 1.10 bits per heavy atom. The lowest BCUT2D eigenvalue weighted by Gasteiger charge is -2.17. The molecule has 21 heavy (non-hydrogen) atoms. The maximum Gasteiger partial charge on any atom is 0.245 e. The zero-order chi connectivity index (χ0) is 15.0. The van der Waals surface area contributed by atoms with Gasteiger partial charge < -0.3 is 5.73 Å². The van der Waals surface area contributed by atoms with Gasteiger partial charge in [-0.3, -0.25) is 0 Å². The second-order valence-electron chi connectivity index (χ2n) is 5.01. The van der Waals surface area contributed by atoms with Gasteiger partial charge in [0.1, 0.15) is 4.90 Å². The molecule has 0 saturated heterocycles. The lowest BCUT2D eigenvalue weighted by molar-refractivity contribution is 0.431. The smallest absolute Gasteiger partial charge is 0.245 e. The molecule has 0 atom stereocenters. The van der Waals surface area contributed by atoms with E-state index in [0.717, 1.165) is 16.7 Å². The van der Waals surface area contributed by atoms with Gasteiger partial charge in [0, 0.05) is 19.6 Å². The van der Waals surface area contributed by atoms with Crippen molar-refractivity contribution >= 4 is 21.6 Å². The Hall–Kier alpha value is -1.40. The normalized spacial score (nSPS) is 15.1. The Labute approximate surface area is 129 Å². The Morgan fingerprint density at radius 2 is 1.71 bits per heavy atom. The van der Waals surface area contributed by atoms with Gasteiger partial charge in [0.2, 0.25) is 10.0 Å². The fourth-order valence-corrected chi connectivity index (χ4v) is 4.40. The highest BCUT2D eigenvalue weighted by Gasteiger charge is 2.31. The summed E-state index contributed by atoms with van der Waals surface area (Å²) in [7, 11) is -3.62. The van der Waals surface area contributed by atoms with E-state index >= 15 is 0 Å². The number of sulfonamides is 1. The van der Waals surface area contributed by atoms with Crippen LogP contribution in [0.25, 0.3) is 0 Å². The summed E-state index contributed by atoms with van der Waals surface area (Å²) in [4.78, 5) is 0.125. The van der Waals surface area contributed by atoms with E-state index in [-0.39, 0.29) is 16.5 Å². The molecule has 0 saturated carbocycles. The topological polar surface area (TPSA) is 63.4 Å². The van der Waals surface area contributed by atoms with Crippen molar-refractivity contribution in [2.45, 2.75) is 24.5 Å². The van der Waals surface area contributed by atoms with Gasteiger partial charge in [-0.05, 0) is 28.8 Å². The number of benzene rings is 2. The fourth-order valence-electron chi connectivity index (χ4n) is 2.48. The van der Waals surface area contributed by atoms with Gasteiger partial charge in [0.25, 0.3) is 0 Å². The van der Waals surface area contributed by atoms with Crippen LogP contribution in [0.5, 0.6) is 0 Å². The van der Waals surface area contributed by atoms with Gasteiger partial charge in [-0.2, -0.15) is 4.31 Å². The molecular formula is C15H15ClN2O2S. The molecule has 1 aliphatic rings. The molecule has 3 rings (SSSR count). The molecule has 0 amide bonds. The molecule has 2 aromatic rings. The quantitative estimate of drug-likeness (QED) is 0.944. The minimum absolute atomic E-state index is 0.125. The molecule has 0 bridgehead atoms. The van der Waals surface area contributed by atoms with Crippen LogP contribution in [0.4, 0.5) is 0 Å². The summed E-state index contributed by atoms with van der Waals surface area (Å²) in [5.74, 6) is 0. The van der Waals surface area contributed by atoms with Crippen molar-refractivity contribution in [3.05, 3.63) is 64.2 Å². The molecular weight excluding hydrogens is 308 g/mol. The first-order chi connectivity index (χ1) is 10.0. The molecule has 2 N–H and O–H groups in total. The van der Waals surface area contributed by atoms with Gasteiger partial charge in [0.05, 0.1) is 5.02 Å². The predicted molar refractivity (Wildman–Crippen MR) is 82.2 cm³/mol. The number of halogens is 1. The predicted octanol–water partition coefficient (Wildman–Crippen LogP) is 2.50. The molecule has 0 aromatic heterocycles. The summed E-state index contributed by atoms with van der Waals surface area (Å²) in [5, 5.41) is 0.225. The number of hydrogen-bond acceptors (Lipinski definition) is 3. The van der Waals surface area contributed by atoms with Crippen molar-refractivity contribution < 1.29 is 8.42 Å². The zero-order valence-electron chi connectivity index (χ0n) is 11.3. The average Bonchev–Trinajstić information content (AvgIpc) is 2.92. The van der Waals surface area contributed by atoms with E-state index in [1.54, 1.807) is 18.2 Å². The highest BCUT2D eigenvalue weighted by Crippen LogP contribution is 2.32. The van der Waals surface area contributed by atoms with Gasteiger partial charge in [-0.1, -0.05) is 41.9 Å². The van der Waals surface area contributed by atoms with Crippen molar-refractivity contribution in [3.63, 3.8) is 0 Å². The minimum Gasteiger partial charge on any atom is -0.326 e. The van der Waals surface area contributed by atoms with E-state index in [0.29, 0.717) is 13.1 Å². The third-order valence-corrected chi connectivity index (χ3v) is 5.93. The lowest BCUT2D eigenvalue weighted by atomic mass is 10.1. The van der Waals surface area contributed by atoms with Crippen LogP contribution in [-0.2, 0) is 29.7 Å². The van der Waals surface area contributed by atoms with Gasteiger partial charge in [-0.25, -0.2) is 8.42 Å². The Bertz CT molecular complexity index is 765.